The van der Waals surface area contributed by atoms with Gasteiger partial charge in [0.05, 0.1) is 0 Å². The van der Waals surface area contributed by atoms with Crippen molar-refractivity contribution in [3.8, 4) is 0 Å². The molecule has 0 aliphatic rings. The molecule has 2 amide bonds. The second-order valence-electron chi connectivity index (χ2n) is 4.04. The first-order chi connectivity index (χ1) is 9.75. The fourth-order valence-corrected chi connectivity index (χ4v) is 1.75. The van der Waals surface area contributed by atoms with Crippen LogP contribution in [0.15, 0.2) is 55.0 Å². The maximum absolute atomic E-state index is 11.6. The second kappa shape index (κ2) is 7.31. The van der Waals surface area contributed by atoms with Gasteiger partial charge in [0, 0.05) is 30.2 Å². The molecule has 2 aromatic rings. The van der Waals surface area contributed by atoms with Crippen molar-refractivity contribution in [2.45, 2.75) is 6.54 Å². The van der Waals surface area contributed by atoms with Crippen molar-refractivity contribution in [1.82, 2.24) is 15.6 Å². The molecule has 0 saturated heterocycles. The highest BCUT2D eigenvalue weighted by Crippen LogP contribution is 2.15. The van der Waals surface area contributed by atoms with Crippen molar-refractivity contribution in [3.05, 3.63) is 71.1 Å². The predicted molar refractivity (Wildman–Crippen MR) is 80.1 cm³/mol. The zero-order valence-electron chi connectivity index (χ0n) is 10.7. The van der Waals surface area contributed by atoms with E-state index >= 15 is 0 Å². The van der Waals surface area contributed by atoms with E-state index in [1.807, 2.05) is 30.3 Å². The average molecular weight is 288 g/mol. The van der Waals surface area contributed by atoms with E-state index < -0.39 is 0 Å². The summed E-state index contributed by atoms with van der Waals surface area (Å²) < 4.78 is 0. The summed E-state index contributed by atoms with van der Waals surface area (Å²) in [6, 6.07) is 10.8. The molecule has 4 nitrogen and oxygen atoms in total. The van der Waals surface area contributed by atoms with Gasteiger partial charge in [0.15, 0.2) is 0 Å². The van der Waals surface area contributed by atoms with Gasteiger partial charge in [-0.3, -0.25) is 4.98 Å². The van der Waals surface area contributed by atoms with Gasteiger partial charge >= 0.3 is 6.03 Å². The molecule has 0 aliphatic carbocycles. The summed E-state index contributed by atoms with van der Waals surface area (Å²) in [4.78, 5) is 15.5. The maximum Gasteiger partial charge on any atom is 0.319 e. The molecule has 1 aromatic carbocycles. The Balaban J connectivity index is 1.79. The summed E-state index contributed by atoms with van der Waals surface area (Å²) in [5.41, 5.74) is 1.79. The summed E-state index contributed by atoms with van der Waals surface area (Å²) in [6.07, 6.45) is 6.70. The van der Waals surface area contributed by atoms with Crippen molar-refractivity contribution in [2.75, 3.05) is 0 Å². The van der Waals surface area contributed by atoms with E-state index in [0.29, 0.717) is 11.6 Å². The third kappa shape index (κ3) is 4.40. The molecule has 0 spiro atoms. The summed E-state index contributed by atoms with van der Waals surface area (Å²) in [5, 5.41) is 5.98. The van der Waals surface area contributed by atoms with Crippen LogP contribution >= 0.6 is 11.6 Å². The number of carbonyl (C=O) groups is 1. The van der Waals surface area contributed by atoms with Crippen LogP contribution in [0.5, 0.6) is 0 Å². The number of urea groups is 1. The summed E-state index contributed by atoms with van der Waals surface area (Å²) in [5.74, 6) is 0. The number of hydrogen-bond acceptors (Lipinski definition) is 2. The van der Waals surface area contributed by atoms with E-state index in [4.69, 9.17) is 11.6 Å². The Morgan fingerprint density at radius 3 is 2.85 bits per heavy atom. The molecule has 0 fully saturated rings. The molecule has 2 N–H and O–H groups in total. The number of carbonyl (C=O) groups excluding carboxylic acids is 1. The van der Waals surface area contributed by atoms with Crippen molar-refractivity contribution in [2.24, 2.45) is 0 Å². The van der Waals surface area contributed by atoms with Gasteiger partial charge in [-0.05, 0) is 29.3 Å². The van der Waals surface area contributed by atoms with E-state index in [-0.39, 0.29) is 6.03 Å². The lowest BCUT2D eigenvalue weighted by atomic mass is 10.2. The second-order valence-corrected chi connectivity index (χ2v) is 4.45. The summed E-state index contributed by atoms with van der Waals surface area (Å²) >= 11 is 5.99. The number of nitrogens with one attached hydrogen (secondary N) is 2. The largest absolute Gasteiger partial charge is 0.334 e. The number of rotatable bonds is 4. The van der Waals surface area contributed by atoms with Crippen molar-refractivity contribution in [3.63, 3.8) is 0 Å². The highest BCUT2D eigenvalue weighted by atomic mass is 35.5. The van der Waals surface area contributed by atoms with Gasteiger partial charge in [-0.2, -0.15) is 0 Å². The van der Waals surface area contributed by atoms with Crippen LogP contribution in [0, 0.1) is 0 Å². The number of halogens is 1. The Morgan fingerprint density at radius 2 is 2.10 bits per heavy atom. The lowest BCUT2D eigenvalue weighted by Gasteiger charge is -2.04. The van der Waals surface area contributed by atoms with Crippen LogP contribution in [-0.2, 0) is 6.54 Å². The molecule has 0 bridgehead atoms. The van der Waals surface area contributed by atoms with E-state index in [1.165, 1.54) is 0 Å². The van der Waals surface area contributed by atoms with Crippen LogP contribution < -0.4 is 10.6 Å². The zero-order valence-corrected chi connectivity index (χ0v) is 11.5. The van der Waals surface area contributed by atoms with Crippen LogP contribution in [0.4, 0.5) is 4.79 Å². The quantitative estimate of drug-likeness (QED) is 0.907. The first kappa shape index (κ1) is 14.1. The standard InChI is InChI=1S/C15H14ClN3O/c16-14-6-2-1-5-13(14)7-9-18-15(20)19-11-12-4-3-8-17-10-12/h1-10H,11H2,(H2,18,19,20)/b9-7+. The SMILES string of the molecule is O=C(N/C=C/c1ccccc1Cl)NCc1cccnc1. The van der Waals surface area contributed by atoms with Gasteiger partial charge in [-0.25, -0.2) is 4.79 Å². The summed E-state index contributed by atoms with van der Waals surface area (Å²) in [7, 11) is 0. The smallest absolute Gasteiger partial charge is 0.319 e. The molecule has 0 radical (unpaired) electrons. The third-order valence-electron chi connectivity index (χ3n) is 2.56. The highest BCUT2D eigenvalue weighted by Gasteiger charge is 1.98. The van der Waals surface area contributed by atoms with Crippen molar-refractivity contribution >= 4 is 23.7 Å². The van der Waals surface area contributed by atoms with E-state index in [9.17, 15) is 4.79 Å². The first-order valence-electron chi connectivity index (χ1n) is 6.10. The number of benzene rings is 1. The topological polar surface area (TPSA) is 54.0 Å². The van der Waals surface area contributed by atoms with Crippen LogP contribution in [0.2, 0.25) is 5.02 Å². The molecule has 5 heteroatoms. The average Bonchev–Trinajstić information content (AvgIpc) is 2.48. The molecule has 0 saturated carbocycles. The van der Waals surface area contributed by atoms with Gasteiger partial charge in [-0.15, -0.1) is 0 Å². The fourth-order valence-electron chi connectivity index (χ4n) is 1.55. The maximum atomic E-state index is 11.6. The van der Waals surface area contributed by atoms with E-state index in [2.05, 4.69) is 15.6 Å². The first-order valence-corrected chi connectivity index (χ1v) is 6.48. The molecule has 2 rings (SSSR count). The van der Waals surface area contributed by atoms with Gasteiger partial charge in [-0.1, -0.05) is 35.9 Å². The molecule has 0 aliphatic heterocycles. The molecule has 0 unspecified atom stereocenters. The monoisotopic (exact) mass is 287 g/mol. The lowest BCUT2D eigenvalue weighted by Crippen LogP contribution is -2.31. The molecular weight excluding hydrogens is 274 g/mol. The Bertz CT molecular complexity index is 599. The van der Waals surface area contributed by atoms with Crippen LogP contribution in [-0.4, -0.2) is 11.0 Å². The number of pyridine rings is 1. The fraction of sp³-hybridized carbons (Fsp3) is 0.0667. The minimum atomic E-state index is -0.280. The van der Waals surface area contributed by atoms with Crippen LogP contribution in [0.3, 0.4) is 0 Å². The Morgan fingerprint density at radius 1 is 1.25 bits per heavy atom. The zero-order chi connectivity index (χ0) is 14.2. The molecule has 102 valence electrons. The van der Waals surface area contributed by atoms with Crippen molar-refractivity contribution < 1.29 is 4.79 Å². The lowest BCUT2D eigenvalue weighted by molar-refractivity contribution is 0.244. The molecule has 20 heavy (non-hydrogen) atoms. The Kier molecular flexibility index (Phi) is 5.15. The van der Waals surface area contributed by atoms with Gasteiger partial charge in [0.2, 0.25) is 0 Å². The van der Waals surface area contributed by atoms with Gasteiger partial charge < -0.3 is 10.6 Å². The minimum absolute atomic E-state index is 0.280. The normalized spacial score (nSPS) is 10.4. The van der Waals surface area contributed by atoms with Gasteiger partial charge in [0.25, 0.3) is 0 Å². The van der Waals surface area contributed by atoms with Gasteiger partial charge in [0.1, 0.15) is 0 Å². The third-order valence-corrected chi connectivity index (χ3v) is 2.90. The number of hydrogen-bond donors (Lipinski definition) is 2. The Labute approximate surface area is 122 Å². The minimum Gasteiger partial charge on any atom is -0.334 e. The molecule has 1 aromatic heterocycles. The Hall–Kier alpha value is -2.33. The van der Waals surface area contributed by atoms with E-state index in [0.717, 1.165) is 11.1 Å². The van der Waals surface area contributed by atoms with Crippen LogP contribution in [0.25, 0.3) is 6.08 Å². The molecule has 1 heterocycles. The van der Waals surface area contributed by atoms with E-state index in [1.54, 1.807) is 30.7 Å². The molecule has 0 atom stereocenters. The van der Waals surface area contributed by atoms with Crippen molar-refractivity contribution in [1.29, 1.82) is 0 Å². The number of nitrogens with zero attached hydrogens (tertiary/aromatic N) is 1. The molecular formula is C15H14ClN3O. The van der Waals surface area contributed by atoms with Crippen LogP contribution in [0.1, 0.15) is 11.1 Å². The predicted octanol–water partition coefficient (Wildman–Crippen LogP) is 3.21. The number of amides is 2. The summed E-state index contributed by atoms with van der Waals surface area (Å²) in [6.45, 7) is 0.430. The number of aromatic nitrogens is 1. The highest BCUT2D eigenvalue weighted by molar-refractivity contribution is 6.32.